The summed E-state index contributed by atoms with van der Waals surface area (Å²) in [6, 6.07) is 9.52. The Bertz CT molecular complexity index is 709. The molecule has 5 nitrogen and oxygen atoms in total. The Morgan fingerprint density at radius 3 is 2.55 bits per heavy atom. The lowest BCUT2D eigenvalue weighted by Gasteiger charge is -2.22. The first kappa shape index (κ1) is 14.6. The summed E-state index contributed by atoms with van der Waals surface area (Å²) in [5.74, 6) is -0.333. The molecule has 1 heterocycles. The third kappa shape index (κ3) is 2.84. The highest BCUT2D eigenvalue weighted by atomic mass is 16.5. The summed E-state index contributed by atoms with van der Waals surface area (Å²) in [5, 5.41) is 2.99. The standard InChI is InChI=1S/C17H20N2O3/c1-19-15(12-8-4-2-5-9-12)14(17(21)22-19)16(20)18-13-10-6-3-7-11-13/h2,4-5,8-9,13H,3,6-7,10-11H2,1H3,(H,18,20). The molecule has 1 fully saturated rings. The van der Waals surface area contributed by atoms with E-state index in [0.29, 0.717) is 5.69 Å². The molecule has 1 N–H and O–H groups in total. The number of hydrogen-bond acceptors (Lipinski definition) is 3. The second-order valence-corrected chi connectivity index (χ2v) is 5.77. The summed E-state index contributed by atoms with van der Waals surface area (Å²) >= 11 is 0. The summed E-state index contributed by atoms with van der Waals surface area (Å²) in [5.41, 5.74) is 0.831. The lowest BCUT2D eigenvalue weighted by Crippen LogP contribution is -2.38. The molecule has 116 valence electrons. The van der Waals surface area contributed by atoms with Crippen molar-refractivity contribution in [1.29, 1.82) is 0 Å². The van der Waals surface area contributed by atoms with Crippen molar-refractivity contribution in [1.82, 2.24) is 10.1 Å². The molecule has 0 spiro atoms. The van der Waals surface area contributed by atoms with Crippen molar-refractivity contribution in [3.63, 3.8) is 0 Å². The van der Waals surface area contributed by atoms with E-state index in [-0.39, 0.29) is 17.5 Å². The molecule has 1 saturated carbocycles. The van der Waals surface area contributed by atoms with Crippen molar-refractivity contribution in [3.8, 4) is 11.3 Å². The first-order chi connectivity index (χ1) is 10.7. The Balaban J connectivity index is 1.93. The van der Waals surface area contributed by atoms with Gasteiger partial charge in [0.15, 0.2) is 5.56 Å². The summed E-state index contributed by atoms with van der Waals surface area (Å²) < 4.78 is 6.48. The van der Waals surface area contributed by atoms with Crippen LogP contribution in [0.25, 0.3) is 11.3 Å². The fourth-order valence-electron chi connectivity index (χ4n) is 3.10. The van der Waals surface area contributed by atoms with Crippen LogP contribution < -0.4 is 10.9 Å². The monoisotopic (exact) mass is 300 g/mol. The number of carbonyl (C=O) groups excluding carboxylic acids is 1. The van der Waals surface area contributed by atoms with Crippen LogP contribution in [0.2, 0.25) is 0 Å². The van der Waals surface area contributed by atoms with Crippen molar-refractivity contribution in [2.45, 2.75) is 38.1 Å². The first-order valence-electron chi connectivity index (χ1n) is 7.73. The molecule has 0 atom stereocenters. The SMILES string of the molecule is Cn1oc(=O)c(C(=O)NC2CCCCC2)c1-c1ccccc1. The van der Waals surface area contributed by atoms with Crippen molar-refractivity contribution in [2.75, 3.05) is 0 Å². The fraction of sp³-hybridized carbons (Fsp3) is 0.412. The number of nitrogens with zero attached hydrogens (tertiary/aromatic N) is 1. The van der Waals surface area contributed by atoms with Crippen LogP contribution in [-0.4, -0.2) is 16.7 Å². The molecule has 0 aliphatic heterocycles. The van der Waals surface area contributed by atoms with E-state index in [2.05, 4.69) is 5.32 Å². The zero-order valence-electron chi connectivity index (χ0n) is 12.7. The van der Waals surface area contributed by atoms with Gasteiger partial charge in [0.2, 0.25) is 0 Å². The lowest BCUT2D eigenvalue weighted by molar-refractivity contribution is 0.0926. The van der Waals surface area contributed by atoms with Crippen molar-refractivity contribution in [3.05, 3.63) is 46.3 Å². The van der Waals surface area contributed by atoms with E-state index in [0.717, 1.165) is 31.2 Å². The van der Waals surface area contributed by atoms with Crippen LogP contribution in [0, 0.1) is 0 Å². The van der Waals surface area contributed by atoms with Gasteiger partial charge in [-0.2, -0.15) is 0 Å². The van der Waals surface area contributed by atoms with Gasteiger partial charge in [-0.3, -0.25) is 4.79 Å². The van der Waals surface area contributed by atoms with Crippen LogP contribution in [-0.2, 0) is 7.05 Å². The van der Waals surface area contributed by atoms with Crippen LogP contribution in [0.1, 0.15) is 42.5 Å². The molecule has 1 aliphatic carbocycles. The van der Waals surface area contributed by atoms with E-state index in [1.54, 1.807) is 7.05 Å². The Morgan fingerprint density at radius 2 is 1.86 bits per heavy atom. The van der Waals surface area contributed by atoms with Crippen molar-refractivity contribution in [2.24, 2.45) is 7.05 Å². The molecular formula is C17H20N2O3. The van der Waals surface area contributed by atoms with Crippen LogP contribution in [0.4, 0.5) is 0 Å². The zero-order valence-corrected chi connectivity index (χ0v) is 12.7. The van der Waals surface area contributed by atoms with Gasteiger partial charge < -0.3 is 9.84 Å². The number of hydrogen-bond donors (Lipinski definition) is 1. The van der Waals surface area contributed by atoms with E-state index in [4.69, 9.17) is 4.52 Å². The maximum absolute atomic E-state index is 12.6. The second-order valence-electron chi connectivity index (χ2n) is 5.77. The van der Waals surface area contributed by atoms with Crippen LogP contribution in [0.3, 0.4) is 0 Å². The molecule has 3 rings (SSSR count). The van der Waals surface area contributed by atoms with Gasteiger partial charge in [0, 0.05) is 18.7 Å². The van der Waals surface area contributed by atoms with E-state index in [9.17, 15) is 9.59 Å². The maximum Gasteiger partial charge on any atom is 0.370 e. The Kier molecular flexibility index (Phi) is 4.13. The molecule has 0 saturated heterocycles. The van der Waals surface area contributed by atoms with Crippen LogP contribution >= 0.6 is 0 Å². The van der Waals surface area contributed by atoms with Gasteiger partial charge in [0.25, 0.3) is 5.91 Å². The van der Waals surface area contributed by atoms with Gasteiger partial charge in [-0.25, -0.2) is 9.53 Å². The third-order valence-corrected chi connectivity index (χ3v) is 4.19. The zero-order chi connectivity index (χ0) is 15.5. The molecule has 22 heavy (non-hydrogen) atoms. The van der Waals surface area contributed by atoms with Gasteiger partial charge in [0.1, 0.15) is 5.69 Å². The fourth-order valence-corrected chi connectivity index (χ4v) is 3.10. The molecule has 1 aromatic heterocycles. The van der Waals surface area contributed by atoms with Gasteiger partial charge in [-0.1, -0.05) is 49.6 Å². The predicted molar refractivity (Wildman–Crippen MR) is 83.7 cm³/mol. The largest absolute Gasteiger partial charge is 0.370 e. The summed E-state index contributed by atoms with van der Waals surface area (Å²) in [6.45, 7) is 0. The molecule has 0 bridgehead atoms. The lowest BCUT2D eigenvalue weighted by atomic mass is 9.95. The summed E-state index contributed by atoms with van der Waals surface area (Å²) in [7, 11) is 1.64. The minimum Gasteiger partial charge on any atom is -0.349 e. The van der Waals surface area contributed by atoms with Crippen molar-refractivity contribution >= 4 is 5.91 Å². The molecule has 1 aliphatic rings. The second kappa shape index (κ2) is 6.22. The van der Waals surface area contributed by atoms with Gasteiger partial charge in [-0.15, -0.1) is 0 Å². The molecule has 5 heteroatoms. The highest BCUT2D eigenvalue weighted by molar-refractivity contribution is 5.99. The minimum atomic E-state index is -0.588. The number of nitrogens with one attached hydrogen (secondary N) is 1. The van der Waals surface area contributed by atoms with Crippen LogP contribution in [0.15, 0.2) is 39.6 Å². The number of amides is 1. The number of rotatable bonds is 3. The van der Waals surface area contributed by atoms with Gasteiger partial charge in [-0.05, 0) is 12.8 Å². The molecule has 0 unspecified atom stereocenters. The molecule has 2 aromatic rings. The number of aryl methyl sites for hydroxylation is 1. The number of aromatic nitrogens is 1. The van der Waals surface area contributed by atoms with Crippen molar-refractivity contribution < 1.29 is 9.32 Å². The number of carbonyl (C=O) groups is 1. The maximum atomic E-state index is 12.6. The smallest absolute Gasteiger partial charge is 0.349 e. The van der Waals surface area contributed by atoms with Gasteiger partial charge >= 0.3 is 5.63 Å². The Labute approximate surface area is 128 Å². The quantitative estimate of drug-likeness (QED) is 0.948. The van der Waals surface area contributed by atoms with E-state index < -0.39 is 5.63 Å². The van der Waals surface area contributed by atoms with E-state index >= 15 is 0 Å². The van der Waals surface area contributed by atoms with E-state index in [1.165, 1.54) is 11.2 Å². The Morgan fingerprint density at radius 1 is 1.18 bits per heavy atom. The molecule has 1 amide bonds. The van der Waals surface area contributed by atoms with Gasteiger partial charge in [0.05, 0.1) is 0 Å². The predicted octanol–water partition coefficient (Wildman–Crippen LogP) is 2.71. The highest BCUT2D eigenvalue weighted by Crippen LogP contribution is 2.23. The molecule has 1 aromatic carbocycles. The summed E-state index contributed by atoms with van der Waals surface area (Å²) in [4.78, 5) is 24.6. The Hall–Kier alpha value is -2.30. The molecular weight excluding hydrogens is 280 g/mol. The average molecular weight is 300 g/mol. The summed E-state index contributed by atoms with van der Waals surface area (Å²) in [6.07, 6.45) is 5.42. The minimum absolute atomic E-state index is 0.0965. The first-order valence-corrected chi connectivity index (χ1v) is 7.73. The average Bonchev–Trinajstić information content (AvgIpc) is 2.83. The number of benzene rings is 1. The highest BCUT2D eigenvalue weighted by Gasteiger charge is 2.26. The normalized spacial score (nSPS) is 15.7. The molecule has 0 radical (unpaired) electrons. The topological polar surface area (TPSA) is 64.2 Å². The third-order valence-electron chi connectivity index (χ3n) is 4.19. The van der Waals surface area contributed by atoms with E-state index in [1.807, 2.05) is 30.3 Å². The van der Waals surface area contributed by atoms with Crippen LogP contribution in [0.5, 0.6) is 0 Å².